The molecule has 0 aromatic heterocycles. The number of hydrogen-bond acceptors (Lipinski definition) is 3. The number of carbonyl (C=O) groups excluding carboxylic acids is 1. The van der Waals surface area contributed by atoms with Crippen LogP contribution in [-0.2, 0) is 0 Å². The maximum atomic E-state index is 12.3. The topological polar surface area (TPSA) is 35.5 Å². The van der Waals surface area contributed by atoms with Crippen molar-refractivity contribution in [3.05, 3.63) is 58.1 Å². The van der Waals surface area contributed by atoms with Crippen molar-refractivity contribution in [3.8, 4) is 11.5 Å². The van der Waals surface area contributed by atoms with Crippen LogP contribution in [0.5, 0.6) is 11.5 Å². The second-order valence-electron chi connectivity index (χ2n) is 3.88. The first-order valence-electron chi connectivity index (χ1n) is 5.44. The van der Waals surface area contributed by atoms with Crippen LogP contribution in [0.2, 0.25) is 0 Å². The van der Waals surface area contributed by atoms with E-state index in [-0.39, 0.29) is 12.6 Å². The van der Waals surface area contributed by atoms with Gasteiger partial charge in [0.15, 0.2) is 17.3 Å². The second-order valence-corrected chi connectivity index (χ2v) is 4.73. The number of carbonyl (C=O) groups is 1. The summed E-state index contributed by atoms with van der Waals surface area (Å²) in [5.41, 5.74) is 1.22. The van der Waals surface area contributed by atoms with Gasteiger partial charge in [0.25, 0.3) is 0 Å². The average molecular weight is 305 g/mol. The molecule has 0 amide bonds. The molecule has 3 nitrogen and oxygen atoms in total. The molecule has 1 heterocycles. The predicted molar refractivity (Wildman–Crippen MR) is 70.1 cm³/mol. The molecule has 0 fully saturated rings. The van der Waals surface area contributed by atoms with E-state index in [4.69, 9.17) is 9.47 Å². The third kappa shape index (κ3) is 1.88. The van der Waals surface area contributed by atoms with Gasteiger partial charge in [-0.15, -0.1) is 0 Å². The Morgan fingerprint density at radius 1 is 1.06 bits per heavy atom. The van der Waals surface area contributed by atoms with E-state index in [2.05, 4.69) is 15.9 Å². The molecule has 0 spiro atoms. The van der Waals surface area contributed by atoms with Crippen LogP contribution < -0.4 is 9.47 Å². The normalized spacial score (nSPS) is 12.5. The fourth-order valence-electron chi connectivity index (χ4n) is 1.84. The van der Waals surface area contributed by atoms with Crippen molar-refractivity contribution in [3.63, 3.8) is 0 Å². The number of hydrogen-bond donors (Lipinski definition) is 0. The number of ketones is 1. The fourth-order valence-corrected chi connectivity index (χ4v) is 2.34. The summed E-state index contributed by atoms with van der Waals surface area (Å²) < 4.78 is 11.2. The summed E-state index contributed by atoms with van der Waals surface area (Å²) in [5, 5.41) is 0. The van der Waals surface area contributed by atoms with E-state index >= 15 is 0 Å². The first-order valence-corrected chi connectivity index (χ1v) is 6.24. The van der Waals surface area contributed by atoms with Crippen molar-refractivity contribution >= 4 is 21.7 Å². The van der Waals surface area contributed by atoms with Crippen LogP contribution in [0, 0.1) is 0 Å². The molecular weight excluding hydrogens is 296 g/mol. The number of fused-ring (bicyclic) bond motifs is 1. The Hall–Kier alpha value is -1.81. The third-order valence-electron chi connectivity index (χ3n) is 2.74. The molecule has 3 rings (SSSR count). The fraction of sp³-hybridized carbons (Fsp3) is 0.0714. The molecule has 0 N–H and O–H groups in total. The van der Waals surface area contributed by atoms with Gasteiger partial charge in [-0.1, -0.05) is 30.3 Å². The van der Waals surface area contributed by atoms with E-state index < -0.39 is 0 Å². The number of rotatable bonds is 2. The number of ether oxygens (including phenoxy) is 2. The van der Waals surface area contributed by atoms with E-state index in [9.17, 15) is 4.79 Å². The van der Waals surface area contributed by atoms with Gasteiger partial charge < -0.3 is 9.47 Å². The first-order chi connectivity index (χ1) is 8.75. The van der Waals surface area contributed by atoms with E-state index in [0.717, 1.165) is 0 Å². The van der Waals surface area contributed by atoms with Crippen LogP contribution in [0.1, 0.15) is 15.9 Å². The van der Waals surface area contributed by atoms with Gasteiger partial charge >= 0.3 is 0 Å². The largest absolute Gasteiger partial charge is 0.454 e. The molecular formula is C14H9BrO3. The highest BCUT2D eigenvalue weighted by atomic mass is 79.9. The minimum atomic E-state index is -0.0409. The number of benzene rings is 2. The maximum absolute atomic E-state index is 12.3. The molecule has 0 saturated heterocycles. The Kier molecular flexibility index (Phi) is 2.80. The van der Waals surface area contributed by atoms with Crippen molar-refractivity contribution in [1.29, 1.82) is 0 Å². The van der Waals surface area contributed by atoms with Gasteiger partial charge in [-0.3, -0.25) is 4.79 Å². The summed E-state index contributed by atoms with van der Waals surface area (Å²) in [7, 11) is 0. The van der Waals surface area contributed by atoms with Gasteiger partial charge in [0.05, 0.1) is 0 Å². The van der Waals surface area contributed by atoms with Crippen molar-refractivity contribution < 1.29 is 14.3 Å². The smallest absolute Gasteiger partial charge is 0.231 e. The maximum Gasteiger partial charge on any atom is 0.231 e. The first kappa shape index (κ1) is 11.3. The van der Waals surface area contributed by atoms with Crippen LogP contribution in [0.15, 0.2) is 46.9 Å². The Morgan fingerprint density at radius 3 is 2.44 bits per heavy atom. The molecule has 18 heavy (non-hydrogen) atoms. The summed E-state index contributed by atoms with van der Waals surface area (Å²) >= 11 is 3.39. The average Bonchev–Trinajstić information content (AvgIpc) is 2.85. The lowest BCUT2D eigenvalue weighted by Gasteiger charge is -2.05. The van der Waals surface area contributed by atoms with E-state index in [1.165, 1.54) is 0 Å². The standard InChI is InChI=1S/C14H9BrO3/c15-11-7-13-12(17-8-18-13)6-10(11)14(16)9-4-2-1-3-5-9/h1-7H,8H2. The van der Waals surface area contributed by atoms with Gasteiger partial charge in [-0.2, -0.15) is 0 Å². The van der Waals surface area contributed by atoms with Crippen LogP contribution in [0.25, 0.3) is 0 Å². The quantitative estimate of drug-likeness (QED) is 0.798. The summed E-state index contributed by atoms with van der Waals surface area (Å²) in [6.45, 7) is 0.199. The van der Waals surface area contributed by atoms with Crippen LogP contribution in [0.3, 0.4) is 0 Å². The molecule has 0 bridgehead atoms. The summed E-state index contributed by atoms with van der Waals surface area (Å²) in [6, 6.07) is 12.6. The van der Waals surface area contributed by atoms with Crippen molar-refractivity contribution in [2.45, 2.75) is 0 Å². The lowest BCUT2D eigenvalue weighted by Crippen LogP contribution is -2.02. The molecule has 0 unspecified atom stereocenters. The molecule has 2 aromatic carbocycles. The van der Waals surface area contributed by atoms with Crippen molar-refractivity contribution in [1.82, 2.24) is 0 Å². The van der Waals surface area contributed by atoms with E-state index in [0.29, 0.717) is 27.1 Å². The zero-order chi connectivity index (χ0) is 12.5. The second kappa shape index (κ2) is 4.46. The van der Waals surface area contributed by atoms with Crippen LogP contribution in [-0.4, -0.2) is 12.6 Å². The monoisotopic (exact) mass is 304 g/mol. The summed E-state index contributed by atoms with van der Waals surface area (Å²) in [6.07, 6.45) is 0. The minimum absolute atomic E-state index is 0.0409. The molecule has 0 aliphatic carbocycles. The zero-order valence-electron chi connectivity index (χ0n) is 9.35. The number of halogens is 1. The highest BCUT2D eigenvalue weighted by Crippen LogP contribution is 2.37. The summed E-state index contributed by atoms with van der Waals surface area (Å²) in [5.74, 6) is 1.23. The Labute approximate surface area is 112 Å². The highest BCUT2D eigenvalue weighted by molar-refractivity contribution is 9.10. The minimum Gasteiger partial charge on any atom is -0.454 e. The summed E-state index contributed by atoms with van der Waals surface area (Å²) in [4.78, 5) is 12.3. The Morgan fingerprint density at radius 2 is 1.72 bits per heavy atom. The van der Waals surface area contributed by atoms with Crippen LogP contribution in [0.4, 0.5) is 0 Å². The molecule has 1 aliphatic rings. The van der Waals surface area contributed by atoms with Crippen LogP contribution >= 0.6 is 15.9 Å². The molecule has 4 heteroatoms. The Balaban J connectivity index is 2.05. The molecule has 0 atom stereocenters. The Bertz CT molecular complexity index is 608. The zero-order valence-corrected chi connectivity index (χ0v) is 10.9. The van der Waals surface area contributed by atoms with Gasteiger partial charge in [0.1, 0.15) is 0 Å². The SMILES string of the molecule is O=C(c1ccccc1)c1cc2c(cc1Br)OCO2. The lowest BCUT2D eigenvalue weighted by molar-refractivity contribution is 0.103. The molecule has 0 radical (unpaired) electrons. The lowest BCUT2D eigenvalue weighted by atomic mass is 10.0. The van der Waals surface area contributed by atoms with Gasteiger partial charge in [0, 0.05) is 15.6 Å². The van der Waals surface area contributed by atoms with Crippen molar-refractivity contribution in [2.24, 2.45) is 0 Å². The van der Waals surface area contributed by atoms with Gasteiger partial charge in [0.2, 0.25) is 6.79 Å². The molecule has 90 valence electrons. The predicted octanol–water partition coefficient (Wildman–Crippen LogP) is 3.41. The van der Waals surface area contributed by atoms with E-state index in [1.54, 1.807) is 24.3 Å². The molecule has 1 aliphatic heterocycles. The third-order valence-corrected chi connectivity index (χ3v) is 3.40. The van der Waals surface area contributed by atoms with E-state index in [1.807, 2.05) is 18.2 Å². The van der Waals surface area contributed by atoms with Gasteiger partial charge in [-0.25, -0.2) is 0 Å². The molecule has 2 aromatic rings. The van der Waals surface area contributed by atoms with Gasteiger partial charge in [-0.05, 0) is 28.1 Å². The molecule has 0 saturated carbocycles. The van der Waals surface area contributed by atoms with Crippen molar-refractivity contribution in [2.75, 3.05) is 6.79 Å². The highest BCUT2D eigenvalue weighted by Gasteiger charge is 2.20.